The third kappa shape index (κ3) is 4.13. The van der Waals surface area contributed by atoms with E-state index in [1.807, 2.05) is 32.9 Å². The van der Waals surface area contributed by atoms with Crippen molar-refractivity contribution in [1.29, 1.82) is 0 Å². The molecule has 0 saturated carbocycles. The Labute approximate surface area is 110 Å². The van der Waals surface area contributed by atoms with Gasteiger partial charge in [0, 0.05) is 22.9 Å². The van der Waals surface area contributed by atoms with Crippen molar-refractivity contribution >= 4 is 5.97 Å². The molecule has 0 spiro atoms. The van der Waals surface area contributed by atoms with Crippen molar-refractivity contribution in [2.24, 2.45) is 5.41 Å². The van der Waals surface area contributed by atoms with Crippen molar-refractivity contribution in [2.75, 3.05) is 0 Å². The van der Waals surface area contributed by atoms with Gasteiger partial charge in [-0.25, -0.2) is 0 Å². The molecule has 0 bridgehead atoms. The summed E-state index contributed by atoms with van der Waals surface area (Å²) in [6, 6.07) is 3.95. The molecule has 0 aliphatic heterocycles. The number of hydrogen-bond acceptors (Lipinski definition) is 3. The summed E-state index contributed by atoms with van der Waals surface area (Å²) in [5.41, 5.74) is 1.54. The number of rotatable bonds is 2. The molecule has 0 aliphatic rings. The predicted molar refractivity (Wildman–Crippen MR) is 72.2 cm³/mol. The van der Waals surface area contributed by atoms with Crippen molar-refractivity contribution in [3.05, 3.63) is 29.6 Å². The van der Waals surface area contributed by atoms with Gasteiger partial charge in [-0.15, -0.1) is 0 Å². The lowest BCUT2D eigenvalue weighted by Crippen LogP contribution is -2.22. The number of pyridine rings is 1. The van der Waals surface area contributed by atoms with Gasteiger partial charge in [0.05, 0.1) is 5.41 Å². The van der Waals surface area contributed by atoms with E-state index < -0.39 is 5.41 Å². The molecule has 0 fully saturated rings. The fourth-order valence-corrected chi connectivity index (χ4v) is 1.32. The van der Waals surface area contributed by atoms with Crippen LogP contribution in [0, 0.1) is 5.41 Å². The number of aromatic nitrogens is 1. The average Bonchev–Trinajstić information content (AvgIpc) is 2.24. The summed E-state index contributed by atoms with van der Waals surface area (Å²) in [6.07, 6.45) is 1.77. The molecule has 1 aromatic rings. The minimum absolute atomic E-state index is 0.0423. The summed E-state index contributed by atoms with van der Waals surface area (Å²) in [7, 11) is 0. The van der Waals surface area contributed by atoms with Crippen molar-refractivity contribution < 1.29 is 9.53 Å². The van der Waals surface area contributed by atoms with Crippen molar-refractivity contribution in [2.45, 2.75) is 53.6 Å². The van der Waals surface area contributed by atoms with Crippen LogP contribution in [0.15, 0.2) is 18.3 Å². The van der Waals surface area contributed by atoms with E-state index in [1.54, 1.807) is 6.20 Å². The van der Waals surface area contributed by atoms with Gasteiger partial charge in [-0.1, -0.05) is 26.8 Å². The van der Waals surface area contributed by atoms with Gasteiger partial charge in [0.15, 0.2) is 0 Å². The fraction of sp³-hybridized carbons (Fsp3) is 0.600. The first-order valence-electron chi connectivity index (χ1n) is 6.23. The molecule has 3 nitrogen and oxygen atoms in total. The Hall–Kier alpha value is -1.38. The summed E-state index contributed by atoms with van der Waals surface area (Å²) in [6.45, 7) is 12.2. The van der Waals surface area contributed by atoms with Gasteiger partial charge < -0.3 is 4.74 Å². The van der Waals surface area contributed by atoms with Crippen LogP contribution in [0.1, 0.15) is 52.8 Å². The number of carbonyl (C=O) groups is 1. The number of hydrogen-bond donors (Lipinski definition) is 0. The first-order valence-corrected chi connectivity index (χ1v) is 6.23. The van der Waals surface area contributed by atoms with Gasteiger partial charge in [0.2, 0.25) is 0 Å². The second kappa shape index (κ2) is 5.09. The number of nitrogens with zero attached hydrogens (tertiary/aromatic N) is 1. The summed E-state index contributed by atoms with van der Waals surface area (Å²) >= 11 is 0. The molecule has 0 aromatic carbocycles. The van der Waals surface area contributed by atoms with E-state index in [9.17, 15) is 4.79 Å². The minimum atomic E-state index is -0.460. The number of esters is 1. The smallest absolute Gasteiger partial charge is 0.311 e. The molecule has 0 aliphatic carbocycles. The molecular formula is C15H23NO2. The summed E-state index contributed by atoms with van der Waals surface area (Å²) in [5, 5.41) is 0. The average molecular weight is 249 g/mol. The zero-order valence-electron chi connectivity index (χ0n) is 12.2. The van der Waals surface area contributed by atoms with Gasteiger partial charge in [-0.05, 0) is 26.8 Å². The lowest BCUT2D eigenvalue weighted by molar-refractivity contribution is -0.154. The molecule has 1 aromatic heterocycles. The highest BCUT2D eigenvalue weighted by molar-refractivity contribution is 5.75. The maximum atomic E-state index is 11.6. The SMILES string of the molecule is CC(C)(C)C(=O)OCc1ccc(C(C)(C)C)nc1. The third-order valence-electron chi connectivity index (χ3n) is 2.58. The standard InChI is InChI=1S/C15H23NO2/c1-14(2,3)12-8-7-11(9-16-12)10-18-13(17)15(4,5)6/h7-9H,10H2,1-6H3. The molecule has 0 N–H and O–H groups in total. The molecule has 0 atom stereocenters. The molecule has 18 heavy (non-hydrogen) atoms. The van der Waals surface area contributed by atoms with Gasteiger partial charge in [0.25, 0.3) is 0 Å². The van der Waals surface area contributed by atoms with Gasteiger partial charge in [-0.3, -0.25) is 9.78 Å². The summed E-state index contributed by atoms with van der Waals surface area (Å²) < 4.78 is 5.24. The Morgan fingerprint density at radius 2 is 1.78 bits per heavy atom. The van der Waals surface area contributed by atoms with E-state index in [0.717, 1.165) is 11.3 Å². The van der Waals surface area contributed by atoms with Crippen LogP contribution in [0.2, 0.25) is 0 Å². The van der Waals surface area contributed by atoms with E-state index in [2.05, 4.69) is 25.8 Å². The van der Waals surface area contributed by atoms with E-state index in [0.29, 0.717) is 0 Å². The molecule has 1 heterocycles. The maximum Gasteiger partial charge on any atom is 0.311 e. The van der Waals surface area contributed by atoms with Gasteiger partial charge in [0.1, 0.15) is 6.61 Å². The lowest BCUT2D eigenvalue weighted by atomic mass is 9.91. The van der Waals surface area contributed by atoms with E-state index >= 15 is 0 Å². The molecule has 100 valence electrons. The molecule has 0 amide bonds. The Morgan fingerprint density at radius 1 is 1.17 bits per heavy atom. The fourth-order valence-electron chi connectivity index (χ4n) is 1.32. The second-order valence-electron chi connectivity index (χ2n) is 6.63. The first kappa shape index (κ1) is 14.7. The lowest BCUT2D eigenvalue weighted by Gasteiger charge is -2.18. The zero-order valence-corrected chi connectivity index (χ0v) is 12.2. The minimum Gasteiger partial charge on any atom is -0.460 e. The quantitative estimate of drug-likeness (QED) is 0.753. The highest BCUT2D eigenvalue weighted by Gasteiger charge is 2.23. The van der Waals surface area contributed by atoms with Crippen LogP contribution in [0.5, 0.6) is 0 Å². The molecular weight excluding hydrogens is 226 g/mol. The van der Waals surface area contributed by atoms with Gasteiger partial charge in [-0.2, -0.15) is 0 Å². The summed E-state index contributed by atoms with van der Waals surface area (Å²) in [5.74, 6) is -0.192. The number of carbonyl (C=O) groups excluding carboxylic acids is 1. The van der Waals surface area contributed by atoms with E-state index in [1.165, 1.54) is 0 Å². The number of ether oxygens (including phenoxy) is 1. The van der Waals surface area contributed by atoms with Crippen molar-refractivity contribution in [1.82, 2.24) is 4.98 Å². The van der Waals surface area contributed by atoms with Crippen LogP contribution in [0.25, 0.3) is 0 Å². The van der Waals surface area contributed by atoms with Crippen LogP contribution in [0.3, 0.4) is 0 Å². The van der Waals surface area contributed by atoms with Crippen LogP contribution in [-0.4, -0.2) is 11.0 Å². The normalized spacial score (nSPS) is 12.3. The molecule has 0 unspecified atom stereocenters. The van der Waals surface area contributed by atoms with Crippen LogP contribution in [0.4, 0.5) is 0 Å². The highest BCUT2D eigenvalue weighted by Crippen LogP contribution is 2.20. The summed E-state index contributed by atoms with van der Waals surface area (Å²) in [4.78, 5) is 16.0. The van der Waals surface area contributed by atoms with Crippen LogP contribution < -0.4 is 0 Å². The van der Waals surface area contributed by atoms with Crippen molar-refractivity contribution in [3.8, 4) is 0 Å². The molecule has 1 rings (SSSR count). The highest BCUT2D eigenvalue weighted by atomic mass is 16.5. The van der Waals surface area contributed by atoms with Crippen LogP contribution >= 0.6 is 0 Å². The zero-order chi connectivity index (χ0) is 14.0. The van der Waals surface area contributed by atoms with Crippen LogP contribution in [-0.2, 0) is 21.6 Å². The largest absolute Gasteiger partial charge is 0.460 e. The molecule has 0 radical (unpaired) electrons. The topological polar surface area (TPSA) is 39.2 Å². The Bertz CT molecular complexity index is 408. The molecule has 3 heteroatoms. The Kier molecular flexibility index (Phi) is 4.15. The maximum absolute atomic E-state index is 11.6. The second-order valence-corrected chi connectivity index (χ2v) is 6.63. The predicted octanol–water partition coefficient (Wildman–Crippen LogP) is 3.47. The third-order valence-corrected chi connectivity index (χ3v) is 2.58. The monoisotopic (exact) mass is 249 g/mol. The van der Waals surface area contributed by atoms with Gasteiger partial charge >= 0.3 is 5.97 Å². The van der Waals surface area contributed by atoms with E-state index in [-0.39, 0.29) is 18.0 Å². The Morgan fingerprint density at radius 3 is 2.17 bits per heavy atom. The van der Waals surface area contributed by atoms with E-state index in [4.69, 9.17) is 4.74 Å². The van der Waals surface area contributed by atoms with Crippen molar-refractivity contribution in [3.63, 3.8) is 0 Å². The Balaban J connectivity index is 2.63. The molecule has 0 saturated heterocycles. The first-order chi connectivity index (χ1) is 8.10.